The van der Waals surface area contributed by atoms with Crippen LogP contribution in [0.1, 0.15) is 42.6 Å². The van der Waals surface area contributed by atoms with Gasteiger partial charge in [-0.25, -0.2) is 0 Å². The first-order chi connectivity index (χ1) is 12.6. The molecule has 3 aliphatic rings. The Labute approximate surface area is 157 Å². The Bertz CT molecular complexity index is 670. The van der Waals surface area contributed by atoms with E-state index in [4.69, 9.17) is 0 Å². The molecular formula is C20H34N6. The molecule has 0 spiro atoms. The van der Waals surface area contributed by atoms with E-state index in [-0.39, 0.29) is 0 Å². The van der Waals surface area contributed by atoms with Gasteiger partial charge in [-0.15, -0.1) is 0 Å². The fourth-order valence-electron chi connectivity index (χ4n) is 5.50. The van der Waals surface area contributed by atoms with Crippen molar-refractivity contribution in [3.8, 4) is 0 Å². The lowest BCUT2D eigenvalue weighted by atomic mass is 9.93. The molecule has 2 saturated carbocycles. The predicted octanol–water partition coefficient (Wildman–Crippen LogP) is 1.92. The number of fused-ring (bicyclic) bond motifs is 2. The summed E-state index contributed by atoms with van der Waals surface area (Å²) in [5, 5.41) is 8.08. The van der Waals surface area contributed by atoms with Gasteiger partial charge in [0.25, 0.3) is 0 Å². The molecule has 2 heterocycles. The number of nitrogens with one attached hydrogen (secondary N) is 1. The molecule has 3 unspecified atom stereocenters. The molecule has 6 nitrogen and oxygen atoms in total. The van der Waals surface area contributed by atoms with Crippen LogP contribution in [0, 0.1) is 25.7 Å². The maximum Gasteiger partial charge on any atom is 0.194 e. The minimum atomic E-state index is 0.796. The molecule has 1 N–H and O–H groups in total. The zero-order chi connectivity index (χ0) is 18.3. The van der Waals surface area contributed by atoms with Gasteiger partial charge in [0.05, 0.1) is 5.69 Å². The summed E-state index contributed by atoms with van der Waals surface area (Å²) in [5.74, 6) is 3.05. The van der Waals surface area contributed by atoms with Crippen LogP contribution in [-0.2, 0) is 13.6 Å². The molecule has 2 bridgehead atoms. The van der Waals surface area contributed by atoms with Crippen molar-refractivity contribution in [3.63, 3.8) is 0 Å². The largest absolute Gasteiger partial charge is 0.352 e. The molecule has 1 aromatic heterocycles. The summed E-state index contributed by atoms with van der Waals surface area (Å²) in [6, 6.07) is 0.867. The predicted molar refractivity (Wildman–Crippen MR) is 105 cm³/mol. The SMILES string of the molecule is CN=C(NCc1c(C)nn(C)c1C)N1CCN(C2CC3CCC2C3)CC1. The Balaban J connectivity index is 1.31. The first-order valence-corrected chi connectivity index (χ1v) is 10.3. The third-order valence-electron chi connectivity index (χ3n) is 7.08. The lowest BCUT2D eigenvalue weighted by Crippen LogP contribution is -2.55. The molecular weight excluding hydrogens is 324 g/mol. The fourth-order valence-corrected chi connectivity index (χ4v) is 5.50. The molecule has 144 valence electrons. The lowest BCUT2D eigenvalue weighted by Gasteiger charge is -2.42. The van der Waals surface area contributed by atoms with Crippen LogP contribution in [0.4, 0.5) is 0 Å². The van der Waals surface area contributed by atoms with Crippen LogP contribution >= 0.6 is 0 Å². The summed E-state index contributed by atoms with van der Waals surface area (Å²) < 4.78 is 1.96. The standard InChI is InChI=1S/C20H34N6/c1-14-18(15(2)24(4)23-14)13-22-20(21-3)26-9-7-25(8-10-26)19-12-16-5-6-17(19)11-16/h16-17,19H,5-13H2,1-4H3,(H,21,22). The Hall–Kier alpha value is -1.56. The maximum absolute atomic E-state index is 4.54. The van der Waals surface area contributed by atoms with Crippen LogP contribution in [0.25, 0.3) is 0 Å². The summed E-state index contributed by atoms with van der Waals surface area (Å²) in [7, 11) is 3.91. The van der Waals surface area contributed by atoms with Crippen molar-refractivity contribution in [2.45, 2.75) is 52.1 Å². The van der Waals surface area contributed by atoms with E-state index in [1.807, 2.05) is 18.8 Å². The van der Waals surface area contributed by atoms with E-state index < -0.39 is 0 Å². The number of hydrogen-bond donors (Lipinski definition) is 1. The molecule has 2 aliphatic carbocycles. The highest BCUT2D eigenvalue weighted by Gasteiger charge is 2.42. The third kappa shape index (κ3) is 3.24. The van der Waals surface area contributed by atoms with Crippen molar-refractivity contribution >= 4 is 5.96 Å². The second-order valence-corrected chi connectivity index (χ2v) is 8.44. The molecule has 0 radical (unpaired) electrons. The second-order valence-electron chi connectivity index (χ2n) is 8.44. The summed E-state index contributed by atoms with van der Waals surface area (Å²) in [6.45, 7) is 9.54. The van der Waals surface area contributed by atoms with Gasteiger partial charge in [0.1, 0.15) is 0 Å². The molecule has 1 aromatic rings. The van der Waals surface area contributed by atoms with Crippen LogP contribution < -0.4 is 5.32 Å². The number of piperazine rings is 1. The maximum atomic E-state index is 4.54. The average molecular weight is 359 g/mol. The summed E-state index contributed by atoms with van der Waals surface area (Å²) in [4.78, 5) is 9.73. The first kappa shape index (κ1) is 17.8. The average Bonchev–Trinajstić information content (AvgIpc) is 3.33. The first-order valence-electron chi connectivity index (χ1n) is 10.3. The summed E-state index contributed by atoms with van der Waals surface area (Å²) in [5.41, 5.74) is 3.62. The van der Waals surface area contributed by atoms with Crippen LogP contribution in [-0.4, -0.2) is 64.8 Å². The Morgan fingerprint density at radius 3 is 2.46 bits per heavy atom. The minimum absolute atomic E-state index is 0.796. The summed E-state index contributed by atoms with van der Waals surface area (Å²) >= 11 is 0. The fraction of sp³-hybridized carbons (Fsp3) is 0.800. The van der Waals surface area contributed by atoms with Gasteiger partial charge in [0, 0.05) is 64.1 Å². The zero-order valence-corrected chi connectivity index (χ0v) is 16.8. The van der Waals surface area contributed by atoms with E-state index in [0.717, 1.165) is 49.2 Å². The number of guanidine groups is 1. The van der Waals surface area contributed by atoms with Gasteiger partial charge in [-0.2, -0.15) is 5.10 Å². The van der Waals surface area contributed by atoms with E-state index >= 15 is 0 Å². The van der Waals surface area contributed by atoms with Gasteiger partial charge < -0.3 is 10.2 Å². The highest BCUT2D eigenvalue weighted by atomic mass is 15.4. The Kier molecular flexibility index (Phi) is 4.95. The number of rotatable bonds is 3. The smallest absolute Gasteiger partial charge is 0.194 e. The van der Waals surface area contributed by atoms with E-state index in [0.29, 0.717) is 0 Å². The van der Waals surface area contributed by atoms with Crippen LogP contribution in [0.5, 0.6) is 0 Å². The molecule has 3 atom stereocenters. The molecule has 3 fully saturated rings. The van der Waals surface area contributed by atoms with Gasteiger partial charge in [-0.05, 0) is 44.9 Å². The van der Waals surface area contributed by atoms with Crippen molar-refractivity contribution in [2.24, 2.45) is 23.9 Å². The van der Waals surface area contributed by atoms with Gasteiger partial charge in [0.2, 0.25) is 0 Å². The number of aliphatic imine (C=N–C) groups is 1. The van der Waals surface area contributed by atoms with Crippen molar-refractivity contribution in [1.82, 2.24) is 24.9 Å². The molecule has 0 amide bonds. The Morgan fingerprint density at radius 1 is 1.15 bits per heavy atom. The lowest BCUT2D eigenvalue weighted by molar-refractivity contribution is 0.0958. The third-order valence-corrected chi connectivity index (χ3v) is 7.08. The number of nitrogens with zero attached hydrogens (tertiary/aromatic N) is 5. The van der Waals surface area contributed by atoms with Crippen LogP contribution in [0.3, 0.4) is 0 Å². The van der Waals surface area contributed by atoms with Crippen LogP contribution in [0.15, 0.2) is 4.99 Å². The highest BCUT2D eigenvalue weighted by molar-refractivity contribution is 5.80. The number of hydrogen-bond acceptors (Lipinski definition) is 3. The highest BCUT2D eigenvalue weighted by Crippen LogP contribution is 2.46. The molecule has 4 rings (SSSR count). The van der Waals surface area contributed by atoms with Crippen molar-refractivity contribution in [3.05, 3.63) is 17.0 Å². The van der Waals surface area contributed by atoms with E-state index in [1.165, 1.54) is 50.0 Å². The zero-order valence-electron chi connectivity index (χ0n) is 16.8. The monoisotopic (exact) mass is 358 g/mol. The van der Waals surface area contributed by atoms with E-state index in [2.05, 4.69) is 39.1 Å². The quantitative estimate of drug-likeness (QED) is 0.662. The van der Waals surface area contributed by atoms with Crippen LogP contribution in [0.2, 0.25) is 0 Å². The molecule has 0 aromatic carbocycles. The normalized spacial score (nSPS) is 29.6. The van der Waals surface area contributed by atoms with Crippen molar-refractivity contribution in [2.75, 3.05) is 33.2 Å². The number of aryl methyl sites for hydroxylation is 2. The van der Waals surface area contributed by atoms with Gasteiger partial charge in [-0.3, -0.25) is 14.6 Å². The Morgan fingerprint density at radius 2 is 1.92 bits per heavy atom. The molecule has 1 aliphatic heterocycles. The number of aromatic nitrogens is 2. The summed E-state index contributed by atoms with van der Waals surface area (Å²) in [6.07, 6.45) is 5.92. The van der Waals surface area contributed by atoms with Gasteiger partial charge in [-0.1, -0.05) is 6.42 Å². The van der Waals surface area contributed by atoms with Crippen molar-refractivity contribution < 1.29 is 0 Å². The van der Waals surface area contributed by atoms with E-state index in [1.54, 1.807) is 0 Å². The topological polar surface area (TPSA) is 48.7 Å². The molecule has 1 saturated heterocycles. The molecule has 6 heteroatoms. The molecule has 26 heavy (non-hydrogen) atoms. The van der Waals surface area contributed by atoms with Gasteiger partial charge >= 0.3 is 0 Å². The minimum Gasteiger partial charge on any atom is -0.352 e. The van der Waals surface area contributed by atoms with Gasteiger partial charge in [0.15, 0.2) is 5.96 Å². The second kappa shape index (κ2) is 7.22. The van der Waals surface area contributed by atoms with E-state index in [9.17, 15) is 0 Å². The van der Waals surface area contributed by atoms with Crippen molar-refractivity contribution in [1.29, 1.82) is 0 Å².